The number of carboxylic acid groups (broad SMARTS) is 1. The van der Waals surface area contributed by atoms with Crippen LogP contribution in [-0.2, 0) is 25.8 Å². The van der Waals surface area contributed by atoms with Gasteiger partial charge in [-0.3, -0.25) is 29.6 Å². The zero-order valence-corrected chi connectivity index (χ0v) is 23.3. The Morgan fingerprint density at radius 3 is 2.49 bits per heavy atom. The van der Waals surface area contributed by atoms with Gasteiger partial charge in [0.1, 0.15) is 11.7 Å². The van der Waals surface area contributed by atoms with Crippen molar-refractivity contribution in [3.05, 3.63) is 92.6 Å². The molecule has 0 radical (unpaired) electrons. The molecule has 2 N–H and O–H groups in total. The molecule has 2 aromatic rings. The van der Waals surface area contributed by atoms with Crippen molar-refractivity contribution >= 4 is 33.1 Å². The molecule has 1 aromatic heterocycles. The van der Waals surface area contributed by atoms with Crippen LogP contribution in [0.1, 0.15) is 32.9 Å². The van der Waals surface area contributed by atoms with Crippen molar-refractivity contribution in [1.29, 1.82) is 0 Å². The number of aromatic nitrogens is 2. The van der Waals surface area contributed by atoms with Crippen LogP contribution in [0.15, 0.2) is 66.7 Å². The lowest BCUT2D eigenvalue weighted by Crippen LogP contribution is -2.44. The lowest BCUT2D eigenvalue weighted by atomic mass is 9.98. The Labute approximate surface area is 235 Å². The molecule has 15 heteroatoms. The van der Waals surface area contributed by atoms with E-state index in [4.69, 9.17) is 0 Å². The molecule has 1 amide bonds. The molecule has 1 aliphatic rings. The summed E-state index contributed by atoms with van der Waals surface area (Å²) >= 11 is 0. The van der Waals surface area contributed by atoms with E-state index in [1.54, 1.807) is 12.2 Å². The quantitative estimate of drug-likeness (QED) is 0.223. The molecular formula is C26H29N5O9S. The Kier molecular flexibility index (Phi) is 9.22. The van der Waals surface area contributed by atoms with Crippen molar-refractivity contribution in [3.63, 3.8) is 0 Å². The fraction of sp³-hybridized carbons (Fsp3) is 0.346. The smallest absolute Gasteiger partial charge is 0.326 e. The van der Waals surface area contributed by atoms with Crippen LogP contribution in [0.3, 0.4) is 0 Å². The Morgan fingerprint density at radius 1 is 1.22 bits per heavy atom. The van der Waals surface area contributed by atoms with Crippen molar-refractivity contribution in [1.82, 2.24) is 14.9 Å². The van der Waals surface area contributed by atoms with Crippen LogP contribution < -0.4 is 5.32 Å². The number of rotatable bonds is 11. The van der Waals surface area contributed by atoms with Crippen LogP contribution in [0.25, 0.3) is 5.69 Å². The molecule has 14 nitrogen and oxygen atoms in total. The molecule has 0 bridgehead atoms. The number of hydrogen-bond acceptors (Lipinski definition) is 9. The van der Waals surface area contributed by atoms with Gasteiger partial charge >= 0.3 is 5.97 Å². The Hall–Kier alpha value is -4.66. The number of imidazole rings is 1. The molecule has 0 unspecified atom stereocenters. The van der Waals surface area contributed by atoms with Crippen LogP contribution >= 0.6 is 0 Å². The fourth-order valence-electron chi connectivity index (χ4n) is 3.92. The standard InChI is InChI=1S/C26H29N5O9S/c1-26(2,3)41(39,40)15-18(11-17-7-5-4-6-8-17)24(32)28-21(25(33)34)12-20-14-27-16-29(20)22-10-9-19(30(35)36)13-23(22)31(37)38/h4-7,9-11,13-14,16-17,21H,8,12,15H2,1-3H3,(H,28,32)(H,33,34)/t17-,21+/m1/s1. The number of nitrogens with zero attached hydrogens (tertiary/aromatic N) is 4. The maximum absolute atomic E-state index is 13.3. The van der Waals surface area contributed by atoms with Gasteiger partial charge in [0.05, 0.1) is 32.7 Å². The molecule has 2 atom stereocenters. The number of non-ortho nitro benzene ring substituents is 1. The summed E-state index contributed by atoms with van der Waals surface area (Å²) in [5, 5.41) is 35.0. The second-order valence-corrected chi connectivity index (χ2v) is 13.0. The normalized spacial score (nSPS) is 16.3. The molecule has 41 heavy (non-hydrogen) atoms. The maximum Gasteiger partial charge on any atom is 0.326 e. The third-order valence-corrected chi connectivity index (χ3v) is 8.91. The zero-order valence-electron chi connectivity index (χ0n) is 22.5. The Bertz CT molecular complexity index is 1570. The van der Waals surface area contributed by atoms with E-state index >= 15 is 0 Å². The highest BCUT2D eigenvalue weighted by molar-refractivity contribution is 7.92. The Morgan fingerprint density at radius 2 is 1.93 bits per heavy atom. The molecule has 1 aromatic carbocycles. The predicted molar refractivity (Wildman–Crippen MR) is 148 cm³/mol. The van der Waals surface area contributed by atoms with Crippen LogP contribution in [-0.4, -0.2) is 61.3 Å². The topological polar surface area (TPSA) is 205 Å². The van der Waals surface area contributed by atoms with E-state index in [9.17, 15) is 43.3 Å². The average molecular weight is 588 g/mol. The SMILES string of the molecule is CC(C)(C)S(=O)(=O)CC(=C[C@@H]1C=CC=CC1)C(=O)N[C@@H](Cc1cncn1-c1ccc([N+](=O)[O-])cc1[N+](=O)[O-])C(=O)O. The number of amides is 1. The number of aliphatic carboxylic acids is 1. The van der Waals surface area contributed by atoms with Crippen LogP contribution in [0.4, 0.5) is 11.4 Å². The number of nitrogens with one attached hydrogen (secondary N) is 1. The van der Waals surface area contributed by atoms with Crippen molar-refractivity contribution in [2.45, 2.75) is 44.4 Å². The monoisotopic (exact) mass is 587 g/mol. The number of hydrogen-bond donors (Lipinski definition) is 2. The summed E-state index contributed by atoms with van der Waals surface area (Å²) in [4.78, 5) is 50.6. The first kappa shape index (κ1) is 30.9. The van der Waals surface area contributed by atoms with E-state index in [1.807, 2.05) is 12.2 Å². The number of nitro groups is 2. The molecule has 1 heterocycles. The largest absolute Gasteiger partial charge is 0.480 e. The predicted octanol–water partition coefficient (Wildman–Crippen LogP) is 3.07. The van der Waals surface area contributed by atoms with E-state index in [-0.39, 0.29) is 29.3 Å². The second-order valence-electron chi connectivity index (χ2n) is 10.3. The Balaban J connectivity index is 1.94. The first-order valence-corrected chi connectivity index (χ1v) is 14.0. The summed E-state index contributed by atoms with van der Waals surface area (Å²) in [5.74, 6) is -3.22. The van der Waals surface area contributed by atoms with E-state index in [2.05, 4.69) is 10.3 Å². The van der Waals surface area contributed by atoms with Gasteiger partial charge in [0.25, 0.3) is 11.4 Å². The third kappa shape index (κ3) is 7.51. The molecule has 0 saturated carbocycles. The zero-order chi connectivity index (χ0) is 30.5. The fourth-order valence-corrected chi connectivity index (χ4v) is 4.99. The second kappa shape index (κ2) is 12.2. The third-order valence-electron chi connectivity index (χ3n) is 6.36. The summed E-state index contributed by atoms with van der Waals surface area (Å²) in [7, 11) is -3.81. The van der Waals surface area contributed by atoms with E-state index in [1.165, 1.54) is 43.9 Å². The van der Waals surface area contributed by atoms with Gasteiger partial charge in [-0.1, -0.05) is 30.4 Å². The summed E-state index contributed by atoms with van der Waals surface area (Å²) in [6.45, 7) is 4.50. The molecule has 3 rings (SSSR count). The van der Waals surface area contributed by atoms with Gasteiger partial charge in [0.15, 0.2) is 9.84 Å². The number of carbonyl (C=O) groups excluding carboxylic acids is 1. The minimum atomic E-state index is -3.81. The number of benzene rings is 1. The van der Waals surface area contributed by atoms with E-state index in [0.717, 1.165) is 18.2 Å². The lowest BCUT2D eigenvalue weighted by Gasteiger charge is -2.22. The van der Waals surface area contributed by atoms with Crippen LogP contribution in [0, 0.1) is 26.1 Å². The first-order valence-electron chi connectivity index (χ1n) is 12.3. The van der Waals surface area contributed by atoms with Gasteiger partial charge in [-0.15, -0.1) is 0 Å². The molecule has 218 valence electrons. The average Bonchev–Trinajstić information content (AvgIpc) is 3.35. The summed E-state index contributed by atoms with van der Waals surface area (Å²) in [5.41, 5.74) is -1.19. The summed E-state index contributed by atoms with van der Waals surface area (Å²) in [6, 6.07) is 1.40. The molecule has 0 saturated heterocycles. The minimum Gasteiger partial charge on any atom is -0.480 e. The van der Waals surface area contributed by atoms with Crippen molar-refractivity contribution in [2.75, 3.05) is 5.75 Å². The van der Waals surface area contributed by atoms with Crippen LogP contribution in [0.5, 0.6) is 0 Å². The van der Waals surface area contributed by atoms with Gasteiger partial charge in [-0.05, 0) is 39.2 Å². The van der Waals surface area contributed by atoms with E-state index in [0.29, 0.717) is 6.42 Å². The first-order chi connectivity index (χ1) is 19.1. The van der Waals surface area contributed by atoms with E-state index < -0.39 is 59.5 Å². The van der Waals surface area contributed by atoms with Crippen molar-refractivity contribution in [2.24, 2.45) is 5.92 Å². The van der Waals surface area contributed by atoms with Crippen LogP contribution in [0.2, 0.25) is 0 Å². The highest BCUT2D eigenvalue weighted by Gasteiger charge is 2.33. The summed E-state index contributed by atoms with van der Waals surface area (Å²) < 4.78 is 25.9. The number of allylic oxidation sites excluding steroid dienone is 5. The molecule has 1 aliphatic carbocycles. The highest BCUT2D eigenvalue weighted by atomic mass is 32.2. The molecular weight excluding hydrogens is 558 g/mol. The highest BCUT2D eigenvalue weighted by Crippen LogP contribution is 2.29. The number of nitro benzene ring substituents is 2. The van der Waals surface area contributed by atoms with Crippen molar-refractivity contribution < 1.29 is 33.0 Å². The van der Waals surface area contributed by atoms with Gasteiger partial charge in [0.2, 0.25) is 5.91 Å². The minimum absolute atomic E-state index is 0.0995. The summed E-state index contributed by atoms with van der Waals surface area (Å²) in [6.07, 6.45) is 11.3. The molecule has 0 fully saturated rings. The number of carbonyl (C=O) groups is 2. The van der Waals surface area contributed by atoms with Gasteiger partial charge in [-0.25, -0.2) is 18.2 Å². The van der Waals surface area contributed by atoms with Gasteiger partial charge < -0.3 is 10.4 Å². The maximum atomic E-state index is 13.3. The molecule has 0 spiro atoms. The lowest BCUT2D eigenvalue weighted by molar-refractivity contribution is -0.394. The van der Waals surface area contributed by atoms with Crippen molar-refractivity contribution in [3.8, 4) is 5.69 Å². The molecule has 0 aliphatic heterocycles. The van der Waals surface area contributed by atoms with Gasteiger partial charge in [-0.2, -0.15) is 0 Å². The number of carboxylic acids is 1. The number of sulfone groups is 1. The van der Waals surface area contributed by atoms with Gasteiger partial charge in [0, 0.05) is 30.0 Å².